The van der Waals surface area contributed by atoms with Gasteiger partial charge in [-0.15, -0.1) is 0 Å². The number of nitrogens with zero attached hydrogens (tertiary/aromatic N) is 1. The molecule has 0 spiro atoms. The van der Waals surface area contributed by atoms with Gasteiger partial charge in [0.25, 0.3) is 5.91 Å². The number of halogens is 1. The number of ether oxygens (including phenoxy) is 2. The van der Waals surface area contributed by atoms with Gasteiger partial charge in [-0.3, -0.25) is 9.59 Å². The summed E-state index contributed by atoms with van der Waals surface area (Å²) in [5.74, 6) is 0.196. The van der Waals surface area contributed by atoms with Crippen LogP contribution in [0.1, 0.15) is 40.9 Å². The summed E-state index contributed by atoms with van der Waals surface area (Å²) in [6.45, 7) is 7.94. The van der Waals surface area contributed by atoms with Crippen molar-refractivity contribution in [2.75, 3.05) is 30.4 Å². The summed E-state index contributed by atoms with van der Waals surface area (Å²) < 4.78 is 12.2. The minimum absolute atomic E-state index is 0.127. The number of para-hydroxylation sites is 2. The van der Waals surface area contributed by atoms with E-state index in [-0.39, 0.29) is 12.0 Å². The number of amides is 1. The average Bonchev–Trinajstić information content (AvgIpc) is 2.83. The number of benzene rings is 3. The number of carboxylic acids is 1. The number of carboxylic acid groups (broad SMARTS) is 1. The summed E-state index contributed by atoms with van der Waals surface area (Å²) in [6, 6.07) is 16.4. The Morgan fingerprint density at radius 2 is 1.81 bits per heavy atom. The van der Waals surface area contributed by atoms with Gasteiger partial charge in [0.15, 0.2) is 0 Å². The third-order valence-corrected chi connectivity index (χ3v) is 6.98. The van der Waals surface area contributed by atoms with Crippen LogP contribution in [0.15, 0.2) is 54.6 Å². The molecule has 0 saturated heterocycles. The Kier molecular flexibility index (Phi) is 7.37. The maximum absolute atomic E-state index is 13.2. The number of aryl methyl sites for hydroxylation is 2. The summed E-state index contributed by atoms with van der Waals surface area (Å²) in [7, 11) is 2.03. The Balaban J connectivity index is 1.46. The molecule has 0 aliphatic carbocycles. The molecule has 1 atom stereocenters. The van der Waals surface area contributed by atoms with Crippen LogP contribution in [0.5, 0.6) is 11.5 Å². The summed E-state index contributed by atoms with van der Waals surface area (Å²) in [5, 5.41) is 12.8. The first-order valence-corrected chi connectivity index (χ1v) is 12.4. The quantitative estimate of drug-likeness (QED) is 0.405. The highest BCUT2D eigenvalue weighted by Crippen LogP contribution is 2.34. The number of likely N-dealkylation sites (N-methyl/N-ethyl adjacent to an activating group) is 1. The number of aliphatic carboxylic acids is 1. The fraction of sp³-hybridized carbons (Fsp3) is 0.310. The van der Waals surface area contributed by atoms with Crippen molar-refractivity contribution in [1.29, 1.82) is 0 Å². The Morgan fingerprint density at radius 1 is 1.14 bits per heavy atom. The van der Waals surface area contributed by atoms with E-state index in [1.54, 1.807) is 32.0 Å². The summed E-state index contributed by atoms with van der Waals surface area (Å²) in [4.78, 5) is 27.0. The van der Waals surface area contributed by atoms with Crippen molar-refractivity contribution in [2.45, 2.75) is 39.2 Å². The molecule has 194 valence electrons. The number of anilines is 2. The number of hydrogen-bond acceptors (Lipinski definition) is 5. The smallest absolute Gasteiger partial charge is 0.313 e. The molecule has 0 radical (unpaired) electrons. The van der Waals surface area contributed by atoms with E-state index in [4.69, 9.17) is 21.1 Å². The molecule has 1 aliphatic rings. The number of carbonyl (C=O) groups excluding carboxylic acids is 1. The normalized spacial score (nSPS) is 15.0. The number of hydrogen-bond donors (Lipinski definition) is 2. The van der Waals surface area contributed by atoms with Crippen LogP contribution in [-0.2, 0) is 10.2 Å². The van der Waals surface area contributed by atoms with Crippen molar-refractivity contribution >= 4 is 34.9 Å². The van der Waals surface area contributed by atoms with Crippen molar-refractivity contribution in [1.82, 2.24) is 0 Å². The number of carbonyl (C=O) groups is 2. The van der Waals surface area contributed by atoms with Crippen LogP contribution in [-0.4, -0.2) is 43.3 Å². The van der Waals surface area contributed by atoms with E-state index < -0.39 is 11.4 Å². The minimum atomic E-state index is -1.21. The summed E-state index contributed by atoms with van der Waals surface area (Å²) >= 11 is 6.26. The number of fused-ring (bicyclic) bond motifs is 1. The van der Waals surface area contributed by atoms with Crippen LogP contribution in [0.25, 0.3) is 0 Å². The second-order valence-corrected chi connectivity index (χ2v) is 10.3. The highest BCUT2D eigenvalue weighted by molar-refractivity contribution is 6.32. The summed E-state index contributed by atoms with van der Waals surface area (Å²) in [5.41, 5.74) is 2.80. The van der Waals surface area contributed by atoms with Gasteiger partial charge in [0.1, 0.15) is 24.2 Å². The number of nitrogens with one attached hydrogen (secondary N) is 1. The minimum Gasteiger partial charge on any atom is -0.490 e. The molecule has 0 unspecified atom stereocenters. The molecule has 1 heterocycles. The number of rotatable bonds is 7. The van der Waals surface area contributed by atoms with Gasteiger partial charge in [0.2, 0.25) is 0 Å². The molecule has 1 aliphatic heterocycles. The van der Waals surface area contributed by atoms with E-state index in [1.165, 1.54) is 0 Å². The maximum atomic E-state index is 13.2. The van der Waals surface area contributed by atoms with E-state index in [0.717, 1.165) is 22.6 Å². The molecule has 8 heteroatoms. The zero-order valence-electron chi connectivity index (χ0n) is 21.6. The van der Waals surface area contributed by atoms with Gasteiger partial charge in [-0.1, -0.05) is 23.7 Å². The monoisotopic (exact) mass is 522 g/mol. The molecule has 0 fully saturated rings. The van der Waals surface area contributed by atoms with Gasteiger partial charge in [-0.2, -0.15) is 0 Å². The predicted molar refractivity (Wildman–Crippen MR) is 146 cm³/mol. The molecule has 0 bridgehead atoms. The fourth-order valence-corrected chi connectivity index (χ4v) is 4.88. The van der Waals surface area contributed by atoms with E-state index in [2.05, 4.69) is 10.2 Å². The van der Waals surface area contributed by atoms with Gasteiger partial charge in [-0.25, -0.2) is 0 Å². The van der Waals surface area contributed by atoms with Gasteiger partial charge < -0.3 is 24.8 Å². The molecule has 2 N–H and O–H groups in total. The van der Waals surface area contributed by atoms with Gasteiger partial charge in [0.05, 0.1) is 17.6 Å². The van der Waals surface area contributed by atoms with Crippen LogP contribution in [0.3, 0.4) is 0 Å². The van der Waals surface area contributed by atoms with Gasteiger partial charge in [0, 0.05) is 23.3 Å². The lowest BCUT2D eigenvalue weighted by molar-refractivity contribution is -0.142. The standard InChI is InChI=1S/C29H31ClN2O5/c1-17-12-20(36-16-21-15-32(5)24-8-6-7-9-25(24)37-21)13-18(2)26(17)27(33)31-19-10-11-23(30)22(14-19)29(3,4)28(34)35/h6-14,21H,15-16H2,1-5H3,(H,31,33)(H,34,35)/t21-/m0/s1. The molecular weight excluding hydrogens is 492 g/mol. The second-order valence-electron chi connectivity index (χ2n) is 9.91. The Labute approximate surface area is 222 Å². The third kappa shape index (κ3) is 5.52. The molecule has 4 rings (SSSR count). The van der Waals surface area contributed by atoms with Gasteiger partial charge in [-0.05, 0) is 86.8 Å². The van der Waals surface area contributed by atoms with E-state index in [0.29, 0.717) is 40.7 Å². The Bertz CT molecular complexity index is 1330. The first-order chi connectivity index (χ1) is 17.5. The highest BCUT2D eigenvalue weighted by Gasteiger charge is 2.32. The van der Waals surface area contributed by atoms with E-state index >= 15 is 0 Å². The van der Waals surface area contributed by atoms with E-state index in [9.17, 15) is 14.7 Å². The molecule has 3 aromatic rings. The van der Waals surface area contributed by atoms with E-state index in [1.807, 2.05) is 57.3 Å². The molecule has 0 saturated carbocycles. The van der Waals surface area contributed by atoms with Crippen LogP contribution < -0.4 is 19.7 Å². The van der Waals surface area contributed by atoms with Crippen LogP contribution in [0, 0.1) is 13.8 Å². The van der Waals surface area contributed by atoms with Crippen molar-refractivity contribution in [3.05, 3.63) is 81.9 Å². The predicted octanol–water partition coefficient (Wildman–Crippen LogP) is 5.85. The lowest BCUT2D eigenvalue weighted by Gasteiger charge is -2.33. The highest BCUT2D eigenvalue weighted by atomic mass is 35.5. The lowest BCUT2D eigenvalue weighted by atomic mass is 9.84. The SMILES string of the molecule is Cc1cc(OC[C@@H]2CN(C)c3ccccc3O2)cc(C)c1C(=O)Nc1ccc(Cl)c(C(C)(C)C(=O)O)c1. The topological polar surface area (TPSA) is 88.1 Å². The molecule has 7 nitrogen and oxygen atoms in total. The van der Waals surface area contributed by atoms with Crippen molar-refractivity contribution < 1.29 is 24.2 Å². The van der Waals surface area contributed by atoms with Crippen LogP contribution >= 0.6 is 11.6 Å². The molecule has 3 aromatic carbocycles. The maximum Gasteiger partial charge on any atom is 0.313 e. The lowest BCUT2D eigenvalue weighted by Crippen LogP contribution is -2.41. The Morgan fingerprint density at radius 3 is 2.49 bits per heavy atom. The summed E-state index contributed by atoms with van der Waals surface area (Å²) in [6.07, 6.45) is -0.127. The average molecular weight is 523 g/mol. The first kappa shape index (κ1) is 26.4. The van der Waals surface area contributed by atoms with Crippen LogP contribution in [0.4, 0.5) is 11.4 Å². The largest absolute Gasteiger partial charge is 0.490 e. The molecule has 37 heavy (non-hydrogen) atoms. The molecule has 1 amide bonds. The zero-order valence-corrected chi connectivity index (χ0v) is 22.3. The van der Waals surface area contributed by atoms with Crippen molar-refractivity contribution in [2.24, 2.45) is 0 Å². The van der Waals surface area contributed by atoms with Crippen molar-refractivity contribution in [3.8, 4) is 11.5 Å². The zero-order chi connectivity index (χ0) is 26.9. The van der Waals surface area contributed by atoms with Crippen LogP contribution in [0.2, 0.25) is 5.02 Å². The molecular formula is C29H31ClN2O5. The molecule has 0 aromatic heterocycles. The third-order valence-electron chi connectivity index (χ3n) is 6.65. The Hall–Kier alpha value is -3.71. The first-order valence-electron chi connectivity index (χ1n) is 12.0. The van der Waals surface area contributed by atoms with Gasteiger partial charge >= 0.3 is 5.97 Å². The second kappa shape index (κ2) is 10.3. The van der Waals surface area contributed by atoms with Crippen molar-refractivity contribution in [3.63, 3.8) is 0 Å². The fourth-order valence-electron chi connectivity index (χ4n) is 4.52.